The SMILES string of the molecule is Cc1ccccc1-c1cc(-c2ccccc2C)cc(-c2cn3c4ccccc4nc3c3ccccc23)c1.Fc1c(F)c(F)c(-c2cn3c4ccccc4nc3c3ccccc23)c(F)c1F.N#Cc1ccc(-c2cn3c4ccccc4nc3c3ccccc23)cc1.c1ccc2c(c1)sc1ccc(-c3cn4c5ccncc5nc4c4ncccc34)cc12.c1cnc2c(c1)nc1c3ncccc3c(-c3ccc4sc5ccccc5c4c3)cn21. The van der Waals surface area contributed by atoms with E-state index in [1.54, 1.807) is 59.1 Å². The lowest BCUT2D eigenvalue weighted by Gasteiger charge is -2.16. The highest BCUT2D eigenvalue weighted by Gasteiger charge is 2.30. The van der Waals surface area contributed by atoms with Crippen LogP contribution in [0.15, 0.2) is 426 Å². The Balaban J connectivity index is 0.0000000927. The van der Waals surface area contributed by atoms with Crippen molar-refractivity contribution >= 4 is 201 Å². The molecule has 16 heterocycles. The number of rotatable bonds is 7. The number of aromatic nitrogens is 14. The summed E-state index contributed by atoms with van der Waals surface area (Å²) in [5.74, 6) is -9.88. The first-order valence-corrected chi connectivity index (χ1v) is 50.4. The number of benzene rings is 15. The minimum atomic E-state index is -2.18. The largest absolute Gasteiger partial charge is 0.298 e. The number of nitrogens with zero attached hydrogens (tertiary/aromatic N) is 15. The van der Waals surface area contributed by atoms with E-state index in [0.717, 1.165) is 127 Å². The third kappa shape index (κ3) is 15.1. The molecule has 0 unspecified atom stereocenters. The topological polar surface area (TPSA) is 162 Å². The summed E-state index contributed by atoms with van der Waals surface area (Å²) in [6.45, 7) is 4.38. The van der Waals surface area contributed by atoms with Gasteiger partial charge in [-0.15, -0.1) is 22.7 Å². The van der Waals surface area contributed by atoms with Crippen LogP contribution >= 0.6 is 22.7 Å². The second-order valence-corrected chi connectivity index (χ2v) is 39.2. The number of pyridine rings is 9. The van der Waals surface area contributed by atoms with Crippen molar-refractivity contribution in [1.29, 1.82) is 5.26 Å². The molecule has 31 rings (SSSR count). The van der Waals surface area contributed by atoms with E-state index < -0.39 is 34.6 Å². The van der Waals surface area contributed by atoms with Gasteiger partial charge in [0.1, 0.15) is 39.0 Å². The Hall–Kier alpha value is -19.5. The number of hydrogen-bond acceptors (Lipinski definition) is 12. The zero-order chi connectivity index (χ0) is 101. The van der Waals surface area contributed by atoms with Gasteiger partial charge in [-0.25, -0.2) is 51.9 Å². The van der Waals surface area contributed by atoms with Crippen LogP contribution in [0.5, 0.6) is 0 Å². The normalized spacial score (nSPS) is 11.7. The molecule has 31 aromatic rings. The molecule has 0 saturated carbocycles. The number of imidazole rings is 5. The minimum Gasteiger partial charge on any atom is -0.298 e. The molecule has 0 atom stereocenters. The van der Waals surface area contributed by atoms with Gasteiger partial charge in [-0.05, 0) is 219 Å². The number of thiophene rings is 2. The summed E-state index contributed by atoms with van der Waals surface area (Å²) in [5, 5.41) is 22.0. The molecule has 710 valence electrons. The molecule has 22 heteroatoms. The molecule has 0 aliphatic carbocycles. The third-order valence-electron chi connectivity index (χ3n) is 28.3. The smallest absolute Gasteiger partial charge is 0.200 e. The molecule has 0 amide bonds. The van der Waals surface area contributed by atoms with E-state index in [2.05, 4.69) is 319 Å². The van der Waals surface area contributed by atoms with Gasteiger partial charge < -0.3 is 0 Å². The number of aryl methyl sites for hydroxylation is 2. The standard InChI is InChI=1S/C35H26N2.2C25H14N4S.C22H13N3.C21H9F5N2/c1-23-11-3-5-13-28(23)25-19-26(29-14-6-4-12-24(29)2)21-27(20-25)32-22-37-34-18-10-9-17-33(34)36-35(37)31-16-8-7-15-30(31)32;1-2-8-21-16(5-1)18-13-15(9-10-22(18)30-21)19-14-29-24-20(7-4-12-27-24)28-25(29)23-17(19)6-3-11-26-23;1-2-6-22-16(4-1)18-12-15(7-8-23(18)30-22)19-14-29-21-9-11-26-13-20(21)28-25(29)24-17(19)5-3-10-27-24;23-13-15-9-11-16(12-10-15)19-14-25-21-8-4-3-7-20(21)24-22(25)18-6-2-1-5-17(18)19;22-16-15(17(23)19(25)20(26)18(16)24)12-9-28-14-8-4-3-7-13(14)27-21(28)11-6-2-1-5-10(11)12/h3-22H,1-2H3;2*1-14H;1-12,14H;1-9H. The fraction of sp³-hybridized carbons (Fsp3) is 0.0156. The van der Waals surface area contributed by atoms with Crippen LogP contribution in [0.3, 0.4) is 0 Å². The molecule has 15 aromatic carbocycles. The molecule has 0 aliphatic rings. The Kier molecular flexibility index (Phi) is 21.7. The number of halogens is 5. The molecule has 16 aromatic heterocycles. The number of nitriles is 1. The Bertz CT molecular complexity index is 10700. The number of fused-ring (bicyclic) bond motifs is 31. The first kappa shape index (κ1) is 89.4. The van der Waals surface area contributed by atoms with Crippen LogP contribution in [0.25, 0.3) is 256 Å². The molecule has 15 nitrogen and oxygen atoms in total. The van der Waals surface area contributed by atoms with Crippen molar-refractivity contribution in [3.05, 3.63) is 472 Å². The number of para-hydroxylation sites is 6. The van der Waals surface area contributed by atoms with Crippen molar-refractivity contribution in [2.45, 2.75) is 13.8 Å². The molecular formula is C128H76F5N15S2. The van der Waals surface area contributed by atoms with Crippen molar-refractivity contribution in [3.8, 4) is 84.0 Å². The first-order chi connectivity index (χ1) is 73.7. The van der Waals surface area contributed by atoms with Gasteiger partial charge in [0.25, 0.3) is 0 Å². The zero-order valence-electron chi connectivity index (χ0n) is 79.8. The van der Waals surface area contributed by atoms with E-state index in [4.69, 9.17) is 30.2 Å². The van der Waals surface area contributed by atoms with Gasteiger partial charge in [0.15, 0.2) is 40.2 Å². The number of hydrogen-bond donors (Lipinski definition) is 0. The van der Waals surface area contributed by atoms with Gasteiger partial charge in [0, 0.05) is 151 Å². The maximum Gasteiger partial charge on any atom is 0.200 e. The van der Waals surface area contributed by atoms with Crippen LogP contribution in [0.4, 0.5) is 22.0 Å². The average molecular weight is 1980 g/mol. The fourth-order valence-electron chi connectivity index (χ4n) is 21.3. The third-order valence-corrected chi connectivity index (χ3v) is 30.7. The monoisotopic (exact) mass is 1980 g/mol. The molecule has 0 bridgehead atoms. The van der Waals surface area contributed by atoms with Crippen molar-refractivity contribution in [2.75, 3.05) is 0 Å². The predicted molar refractivity (Wildman–Crippen MR) is 600 cm³/mol. The van der Waals surface area contributed by atoms with E-state index in [1.807, 2.05) is 126 Å². The quantitative estimate of drug-likeness (QED) is 0.0853. The summed E-state index contributed by atoms with van der Waals surface area (Å²) in [4.78, 5) is 42.1. The molecule has 0 spiro atoms. The Labute approximate surface area is 858 Å². The van der Waals surface area contributed by atoms with Crippen molar-refractivity contribution in [3.63, 3.8) is 0 Å². The van der Waals surface area contributed by atoms with Gasteiger partial charge in [-0.1, -0.05) is 231 Å². The lowest BCUT2D eigenvalue weighted by Crippen LogP contribution is -2.05. The Morgan fingerprint density at radius 1 is 0.240 bits per heavy atom. The maximum atomic E-state index is 14.5. The van der Waals surface area contributed by atoms with Crippen LogP contribution in [0, 0.1) is 54.3 Å². The highest BCUT2D eigenvalue weighted by molar-refractivity contribution is 7.26. The van der Waals surface area contributed by atoms with Gasteiger partial charge in [-0.3, -0.25) is 37.0 Å². The van der Waals surface area contributed by atoms with Crippen molar-refractivity contribution in [1.82, 2.24) is 66.9 Å². The van der Waals surface area contributed by atoms with Crippen molar-refractivity contribution in [2.24, 2.45) is 0 Å². The van der Waals surface area contributed by atoms with Crippen molar-refractivity contribution < 1.29 is 22.0 Å². The van der Waals surface area contributed by atoms with Crippen LogP contribution in [-0.2, 0) is 0 Å². The van der Waals surface area contributed by atoms with Gasteiger partial charge in [0.2, 0.25) is 5.82 Å². The Morgan fingerprint density at radius 3 is 1.07 bits per heavy atom. The average Bonchev–Trinajstić information content (AvgIpc) is 1.54. The molecule has 0 aliphatic heterocycles. The van der Waals surface area contributed by atoms with E-state index in [1.165, 1.54) is 108 Å². The lowest BCUT2D eigenvalue weighted by atomic mass is 9.90. The zero-order valence-corrected chi connectivity index (χ0v) is 81.5. The summed E-state index contributed by atoms with van der Waals surface area (Å²) in [6, 6.07) is 126. The molecule has 0 N–H and O–H groups in total. The van der Waals surface area contributed by atoms with E-state index in [-0.39, 0.29) is 5.56 Å². The first-order valence-electron chi connectivity index (χ1n) is 48.7. The summed E-state index contributed by atoms with van der Waals surface area (Å²) in [7, 11) is 0. The molecule has 0 fully saturated rings. The molecule has 0 saturated heterocycles. The minimum absolute atomic E-state index is 0.112. The van der Waals surface area contributed by atoms with Crippen LogP contribution in [-0.4, -0.2) is 66.9 Å². The summed E-state index contributed by atoms with van der Waals surface area (Å²) >= 11 is 3.68. The summed E-state index contributed by atoms with van der Waals surface area (Å²) in [6.07, 6.45) is 19.2. The highest BCUT2D eigenvalue weighted by atomic mass is 32.1. The maximum absolute atomic E-state index is 14.5. The second-order valence-electron chi connectivity index (χ2n) is 37.0. The van der Waals surface area contributed by atoms with Gasteiger partial charge in [0.05, 0.1) is 62.0 Å². The predicted octanol–water partition coefficient (Wildman–Crippen LogP) is 33.4. The van der Waals surface area contributed by atoms with E-state index in [9.17, 15) is 22.0 Å². The summed E-state index contributed by atoms with van der Waals surface area (Å²) < 4.78 is 85.6. The van der Waals surface area contributed by atoms with Gasteiger partial charge in [-0.2, -0.15) is 5.26 Å². The van der Waals surface area contributed by atoms with Crippen LogP contribution < -0.4 is 0 Å². The highest BCUT2D eigenvalue weighted by Crippen LogP contribution is 2.47. The fourth-order valence-corrected chi connectivity index (χ4v) is 23.4. The van der Waals surface area contributed by atoms with E-state index >= 15 is 0 Å². The summed E-state index contributed by atoms with van der Waals surface area (Å²) in [5.41, 5.74) is 31.5. The Morgan fingerprint density at radius 2 is 0.580 bits per heavy atom. The molecular weight excluding hydrogens is 1910 g/mol. The van der Waals surface area contributed by atoms with Crippen LogP contribution in [0.2, 0.25) is 0 Å². The van der Waals surface area contributed by atoms with Gasteiger partial charge >= 0.3 is 0 Å². The van der Waals surface area contributed by atoms with E-state index in [0.29, 0.717) is 33.0 Å². The van der Waals surface area contributed by atoms with Crippen LogP contribution in [0.1, 0.15) is 16.7 Å². The second kappa shape index (κ2) is 36.4. The molecule has 150 heavy (non-hydrogen) atoms. The molecule has 0 radical (unpaired) electrons. The lowest BCUT2D eigenvalue weighted by molar-refractivity contribution is 0.381.